The van der Waals surface area contributed by atoms with E-state index < -0.39 is 8.24 Å². The summed E-state index contributed by atoms with van der Waals surface area (Å²) in [6.45, 7) is 13.9. The summed E-state index contributed by atoms with van der Waals surface area (Å²) in [5.41, 5.74) is 1.94. The van der Waals surface area contributed by atoms with E-state index in [1.165, 1.54) is 0 Å². The van der Waals surface area contributed by atoms with Crippen LogP contribution in [0.1, 0.15) is 48.0 Å². The van der Waals surface area contributed by atoms with E-state index in [1.807, 2.05) is 11.8 Å². The van der Waals surface area contributed by atoms with Gasteiger partial charge in [0.1, 0.15) is 14.5 Å². The van der Waals surface area contributed by atoms with Crippen molar-refractivity contribution < 1.29 is 4.79 Å². The molecule has 1 atom stereocenters. The molecule has 0 radical (unpaired) electrons. The molecule has 0 saturated carbocycles. The van der Waals surface area contributed by atoms with Crippen LogP contribution in [0.25, 0.3) is 0 Å². The van der Waals surface area contributed by atoms with Crippen LogP contribution < -0.4 is 4.98 Å². The molecule has 108 valence electrons. The zero-order valence-electron chi connectivity index (χ0n) is 13.1. The maximum Gasteiger partial charge on any atom is 0.136 e. The molecule has 1 N–H and O–H groups in total. The molecule has 0 aromatic heterocycles. The Balaban J connectivity index is 5.02. The summed E-state index contributed by atoms with van der Waals surface area (Å²) in [6, 6.07) is 0.0383. The second kappa shape index (κ2) is 8.38. The third kappa shape index (κ3) is 4.39. The van der Waals surface area contributed by atoms with E-state index in [-0.39, 0.29) is 6.04 Å². The van der Waals surface area contributed by atoms with Gasteiger partial charge in [0.05, 0.1) is 6.04 Å². The van der Waals surface area contributed by atoms with E-state index in [2.05, 4.69) is 52.8 Å². The van der Waals surface area contributed by atoms with Gasteiger partial charge in [-0.15, -0.1) is 0 Å². The fourth-order valence-corrected chi connectivity index (χ4v) is 9.58. The second-order valence-electron chi connectivity index (χ2n) is 6.07. The van der Waals surface area contributed by atoms with Gasteiger partial charge in [-0.3, -0.25) is 0 Å². The van der Waals surface area contributed by atoms with E-state index in [9.17, 15) is 4.79 Å². The Morgan fingerprint density at radius 3 is 1.78 bits per heavy atom. The van der Waals surface area contributed by atoms with Crippen molar-refractivity contribution in [3.63, 3.8) is 0 Å². The first-order chi connectivity index (χ1) is 8.32. The van der Waals surface area contributed by atoms with Crippen molar-refractivity contribution in [2.75, 3.05) is 12.0 Å². The summed E-state index contributed by atoms with van der Waals surface area (Å²) in [4.78, 5) is 15.1. The Morgan fingerprint density at radius 1 is 1.06 bits per heavy atom. The lowest BCUT2D eigenvalue weighted by atomic mass is 10.3. The highest BCUT2D eigenvalue weighted by Gasteiger charge is 2.44. The van der Waals surface area contributed by atoms with Crippen LogP contribution in [-0.4, -0.2) is 32.6 Å². The van der Waals surface area contributed by atoms with Crippen LogP contribution in [0.2, 0.25) is 16.6 Å². The summed E-state index contributed by atoms with van der Waals surface area (Å²) < 4.78 is 0. The van der Waals surface area contributed by atoms with Crippen molar-refractivity contribution in [2.45, 2.75) is 70.6 Å². The van der Waals surface area contributed by atoms with Crippen molar-refractivity contribution in [3.8, 4) is 0 Å². The van der Waals surface area contributed by atoms with Gasteiger partial charge in [0.15, 0.2) is 0 Å². The molecule has 0 heterocycles. The van der Waals surface area contributed by atoms with Crippen molar-refractivity contribution in [1.82, 2.24) is 4.98 Å². The number of carbonyl (C=O) groups excluding carboxylic acids is 1. The molecular weight excluding hydrogens is 258 g/mol. The highest BCUT2D eigenvalue weighted by Crippen LogP contribution is 2.39. The molecule has 0 aliphatic rings. The number of nitrogens with one attached hydrogen (secondary N) is 1. The van der Waals surface area contributed by atoms with Crippen LogP contribution in [0, 0.1) is 0 Å². The Bertz CT molecular complexity index is 222. The van der Waals surface area contributed by atoms with Gasteiger partial charge in [-0.2, -0.15) is 11.8 Å². The zero-order valence-corrected chi connectivity index (χ0v) is 14.9. The second-order valence-corrected chi connectivity index (χ2v) is 12.7. The van der Waals surface area contributed by atoms with E-state index in [0.717, 1.165) is 18.5 Å². The lowest BCUT2D eigenvalue weighted by Crippen LogP contribution is -2.61. The molecule has 0 aliphatic carbocycles. The van der Waals surface area contributed by atoms with Gasteiger partial charge >= 0.3 is 0 Å². The molecule has 0 unspecified atom stereocenters. The summed E-state index contributed by atoms with van der Waals surface area (Å²) in [7, 11) is -1.65. The third-order valence-corrected chi connectivity index (χ3v) is 11.3. The average molecular weight is 290 g/mol. The Kier molecular flexibility index (Phi) is 8.48. The van der Waals surface area contributed by atoms with E-state index >= 15 is 0 Å². The summed E-state index contributed by atoms with van der Waals surface area (Å²) in [5.74, 6) is 1.05. The van der Waals surface area contributed by atoms with Crippen LogP contribution in [0.4, 0.5) is 0 Å². The number of carbonyl (C=O) groups is 1. The molecule has 0 bridgehead atoms. The van der Waals surface area contributed by atoms with Crippen LogP contribution in [0.15, 0.2) is 0 Å². The quantitative estimate of drug-likeness (QED) is 0.512. The first-order valence-electron chi connectivity index (χ1n) is 7.04. The summed E-state index contributed by atoms with van der Waals surface area (Å²) in [5, 5.41) is 0. The third-order valence-electron chi connectivity index (χ3n) is 4.10. The number of thioether (sulfide) groups is 1. The Labute approximate surface area is 119 Å². The van der Waals surface area contributed by atoms with Gasteiger partial charge < -0.3 is 9.78 Å². The Morgan fingerprint density at radius 2 is 1.50 bits per heavy atom. The highest BCUT2D eigenvalue weighted by molar-refractivity contribution is 7.98. The molecule has 0 saturated heterocycles. The molecule has 0 rings (SSSR count). The predicted octanol–water partition coefficient (Wildman–Crippen LogP) is 4.07. The molecule has 2 nitrogen and oxygen atoms in total. The van der Waals surface area contributed by atoms with Gasteiger partial charge in [-0.25, -0.2) is 0 Å². The van der Waals surface area contributed by atoms with Crippen molar-refractivity contribution in [3.05, 3.63) is 0 Å². The number of hydrogen-bond donors (Lipinski definition) is 1. The molecule has 0 aromatic rings. The largest absolute Gasteiger partial charge is 0.328 e. The van der Waals surface area contributed by atoms with Crippen LogP contribution in [0.5, 0.6) is 0 Å². The van der Waals surface area contributed by atoms with Crippen molar-refractivity contribution in [2.24, 2.45) is 0 Å². The van der Waals surface area contributed by atoms with Crippen molar-refractivity contribution >= 4 is 26.3 Å². The summed E-state index contributed by atoms with van der Waals surface area (Å²) in [6.07, 6.45) is 4.16. The smallest absolute Gasteiger partial charge is 0.136 e. The minimum absolute atomic E-state index is 0.0383. The number of hydrogen-bond acceptors (Lipinski definition) is 3. The number of aldehydes is 1. The molecule has 0 aliphatic heterocycles. The maximum absolute atomic E-state index is 11.3. The van der Waals surface area contributed by atoms with Gasteiger partial charge in [0, 0.05) is 0 Å². The minimum atomic E-state index is -1.65. The minimum Gasteiger partial charge on any atom is -0.328 e. The van der Waals surface area contributed by atoms with Crippen LogP contribution in [-0.2, 0) is 4.79 Å². The average Bonchev–Trinajstić information content (AvgIpc) is 2.28. The Hall–Kier alpha value is 0.197. The lowest BCUT2D eigenvalue weighted by molar-refractivity contribution is -0.109. The monoisotopic (exact) mass is 289 g/mol. The van der Waals surface area contributed by atoms with Crippen molar-refractivity contribution in [1.29, 1.82) is 0 Å². The first-order valence-corrected chi connectivity index (χ1v) is 10.7. The molecular formula is C14H31NOSSi. The normalized spacial score (nSPS) is 14.6. The molecule has 4 heteroatoms. The fraction of sp³-hybridized carbons (Fsp3) is 0.929. The van der Waals surface area contributed by atoms with E-state index in [1.54, 1.807) is 0 Å². The zero-order chi connectivity index (χ0) is 14.3. The van der Waals surface area contributed by atoms with E-state index in [0.29, 0.717) is 16.6 Å². The standard InChI is InChI=1S/C14H31NOSSi/c1-11(2)18(12(3)4,13(5)6)15-14(10-16)8-9-17-7/h10-15H,8-9H2,1-7H3/t14-/m0/s1. The molecule has 0 fully saturated rings. The van der Waals surface area contributed by atoms with Gasteiger partial charge in [0.2, 0.25) is 0 Å². The summed E-state index contributed by atoms with van der Waals surface area (Å²) >= 11 is 1.81. The topological polar surface area (TPSA) is 29.1 Å². The number of rotatable bonds is 9. The lowest BCUT2D eigenvalue weighted by Gasteiger charge is -2.45. The molecule has 0 spiro atoms. The predicted molar refractivity (Wildman–Crippen MR) is 87.0 cm³/mol. The molecule has 0 amide bonds. The SMILES string of the molecule is CSCC[C@@H](C=O)N[Si](C(C)C)(C(C)C)C(C)C. The van der Waals surface area contributed by atoms with E-state index in [4.69, 9.17) is 0 Å². The first kappa shape index (κ1) is 18.2. The highest BCUT2D eigenvalue weighted by atomic mass is 32.2. The van der Waals surface area contributed by atoms with Gasteiger partial charge in [0.25, 0.3) is 0 Å². The van der Waals surface area contributed by atoms with Gasteiger partial charge in [-0.05, 0) is 35.1 Å². The maximum atomic E-state index is 11.3. The van der Waals surface area contributed by atoms with Gasteiger partial charge in [-0.1, -0.05) is 41.5 Å². The molecule has 18 heavy (non-hydrogen) atoms. The molecule has 0 aromatic carbocycles. The van der Waals surface area contributed by atoms with Crippen LogP contribution in [0.3, 0.4) is 0 Å². The van der Waals surface area contributed by atoms with Crippen LogP contribution >= 0.6 is 11.8 Å². The fourth-order valence-electron chi connectivity index (χ4n) is 3.24.